The van der Waals surface area contributed by atoms with Crippen LogP contribution in [0.25, 0.3) is 11.6 Å². The fourth-order valence-corrected chi connectivity index (χ4v) is 2.18. The summed E-state index contributed by atoms with van der Waals surface area (Å²) in [5.41, 5.74) is 0.409. The molecule has 1 heterocycles. The maximum atomic E-state index is 12.5. The summed E-state index contributed by atoms with van der Waals surface area (Å²) in [7, 11) is 0. The zero-order valence-electron chi connectivity index (χ0n) is 10.5. The number of hydrogen-bond acceptors (Lipinski definition) is 2. The Morgan fingerprint density at radius 2 is 1.90 bits per heavy atom. The van der Waals surface area contributed by atoms with Crippen molar-refractivity contribution in [2.75, 3.05) is 0 Å². The molecule has 0 aliphatic rings. The molecule has 0 saturated heterocycles. The van der Waals surface area contributed by atoms with Gasteiger partial charge in [0.05, 0.1) is 16.8 Å². The molecule has 0 unspecified atom stereocenters. The molecule has 106 valence electrons. The molecule has 0 atom stereocenters. The molecule has 21 heavy (non-hydrogen) atoms. The molecular weight excluding hydrogens is 392 g/mol. The molecule has 0 fully saturated rings. The average molecular weight is 400 g/mol. The summed E-state index contributed by atoms with van der Waals surface area (Å²) < 4.78 is 38.4. The van der Waals surface area contributed by atoms with Gasteiger partial charge in [0.15, 0.2) is 0 Å². The maximum absolute atomic E-state index is 12.5. The average Bonchev–Trinajstić information content (AvgIpc) is 2.46. The number of halogens is 4. The van der Waals surface area contributed by atoms with Crippen molar-refractivity contribution in [2.45, 2.75) is 6.18 Å². The third-order valence-corrected chi connectivity index (χ3v) is 3.67. The van der Waals surface area contributed by atoms with Gasteiger partial charge in [0, 0.05) is 9.77 Å². The molecular formula is C15H8F3IN2. The van der Waals surface area contributed by atoms with Crippen LogP contribution in [0.5, 0.6) is 0 Å². The highest BCUT2D eigenvalue weighted by molar-refractivity contribution is 14.1. The van der Waals surface area contributed by atoms with E-state index in [0.717, 1.165) is 21.4 Å². The predicted molar refractivity (Wildman–Crippen MR) is 81.9 cm³/mol. The Morgan fingerprint density at radius 1 is 1.19 bits per heavy atom. The van der Waals surface area contributed by atoms with Gasteiger partial charge in [-0.3, -0.25) is 4.98 Å². The third kappa shape index (κ3) is 3.82. The van der Waals surface area contributed by atoms with Gasteiger partial charge in [-0.25, -0.2) is 0 Å². The van der Waals surface area contributed by atoms with Gasteiger partial charge in [0.1, 0.15) is 6.07 Å². The van der Waals surface area contributed by atoms with Gasteiger partial charge in [-0.2, -0.15) is 18.4 Å². The molecule has 0 N–H and O–H groups in total. The zero-order chi connectivity index (χ0) is 15.5. The van der Waals surface area contributed by atoms with Crippen LogP contribution in [-0.2, 0) is 6.18 Å². The van der Waals surface area contributed by atoms with Gasteiger partial charge in [0.25, 0.3) is 0 Å². The first-order valence-corrected chi connectivity index (χ1v) is 6.89. The van der Waals surface area contributed by atoms with Crippen LogP contribution in [0.1, 0.15) is 16.8 Å². The number of aromatic nitrogens is 1. The number of pyridine rings is 1. The lowest BCUT2D eigenvalue weighted by Gasteiger charge is -2.06. The number of nitrogens with zero attached hydrogens (tertiary/aromatic N) is 2. The normalized spacial score (nSPS) is 12.0. The number of allylic oxidation sites excluding steroid dienone is 1. The van der Waals surface area contributed by atoms with Crippen molar-refractivity contribution in [1.29, 1.82) is 5.26 Å². The molecule has 0 spiro atoms. The Hall–Kier alpha value is -1.88. The summed E-state index contributed by atoms with van der Waals surface area (Å²) in [6.07, 6.45) is -2.09. The lowest BCUT2D eigenvalue weighted by atomic mass is 10.1. The van der Waals surface area contributed by atoms with E-state index in [4.69, 9.17) is 0 Å². The smallest absolute Gasteiger partial charge is 0.255 e. The monoisotopic (exact) mass is 400 g/mol. The van der Waals surface area contributed by atoms with Gasteiger partial charge in [-0.15, -0.1) is 0 Å². The van der Waals surface area contributed by atoms with Crippen LogP contribution in [0.3, 0.4) is 0 Å². The Bertz CT molecular complexity index is 713. The van der Waals surface area contributed by atoms with Crippen molar-refractivity contribution in [3.05, 3.63) is 63.0 Å². The fraction of sp³-hybridized carbons (Fsp3) is 0.0667. The van der Waals surface area contributed by atoms with E-state index in [-0.39, 0.29) is 11.3 Å². The summed E-state index contributed by atoms with van der Waals surface area (Å²) in [5.74, 6) is 0. The number of alkyl halides is 3. The first kappa shape index (κ1) is 15.5. The van der Waals surface area contributed by atoms with Gasteiger partial charge in [-0.05, 0) is 52.4 Å². The number of nitriles is 1. The number of hydrogen-bond donors (Lipinski definition) is 0. The second-order valence-corrected chi connectivity index (χ2v) is 5.28. The summed E-state index contributed by atoms with van der Waals surface area (Å²) in [6.45, 7) is 0. The van der Waals surface area contributed by atoms with Crippen LogP contribution in [0.15, 0.2) is 42.6 Å². The van der Waals surface area contributed by atoms with Crippen molar-refractivity contribution in [3.63, 3.8) is 0 Å². The molecule has 2 nitrogen and oxygen atoms in total. The standard InChI is InChI=1S/C15H8F3IN2/c16-15(17,18)12-5-6-14(21-9-12)11(8-20)7-10-3-1-2-4-13(10)19/h1-7,9H/b11-7-. The summed E-state index contributed by atoms with van der Waals surface area (Å²) in [6, 6.07) is 11.5. The maximum Gasteiger partial charge on any atom is 0.417 e. The van der Waals surface area contributed by atoms with Gasteiger partial charge in [0.2, 0.25) is 0 Å². The van der Waals surface area contributed by atoms with Crippen LogP contribution in [0.2, 0.25) is 0 Å². The molecule has 0 bridgehead atoms. The van der Waals surface area contributed by atoms with Crippen molar-refractivity contribution < 1.29 is 13.2 Å². The molecule has 0 aliphatic carbocycles. The molecule has 1 aromatic heterocycles. The van der Waals surface area contributed by atoms with Gasteiger partial charge in [-0.1, -0.05) is 18.2 Å². The van der Waals surface area contributed by atoms with E-state index in [1.54, 1.807) is 6.08 Å². The van der Waals surface area contributed by atoms with Crippen molar-refractivity contribution in [1.82, 2.24) is 4.98 Å². The lowest BCUT2D eigenvalue weighted by molar-refractivity contribution is -0.137. The molecule has 2 rings (SSSR count). The minimum absolute atomic E-state index is 0.213. The molecule has 0 aliphatic heterocycles. The van der Waals surface area contributed by atoms with E-state index < -0.39 is 11.7 Å². The third-order valence-electron chi connectivity index (χ3n) is 2.69. The minimum Gasteiger partial charge on any atom is -0.255 e. The van der Waals surface area contributed by atoms with E-state index in [9.17, 15) is 18.4 Å². The molecule has 1 aromatic carbocycles. The number of rotatable bonds is 2. The van der Waals surface area contributed by atoms with E-state index in [0.29, 0.717) is 0 Å². The van der Waals surface area contributed by atoms with E-state index in [1.807, 2.05) is 30.3 Å². The van der Waals surface area contributed by atoms with Gasteiger partial charge < -0.3 is 0 Å². The second-order valence-electron chi connectivity index (χ2n) is 4.12. The lowest BCUT2D eigenvalue weighted by Crippen LogP contribution is -2.05. The number of benzene rings is 1. The fourth-order valence-electron chi connectivity index (χ4n) is 1.63. The zero-order valence-corrected chi connectivity index (χ0v) is 12.7. The summed E-state index contributed by atoms with van der Waals surface area (Å²) >= 11 is 2.12. The largest absolute Gasteiger partial charge is 0.417 e. The van der Waals surface area contributed by atoms with Gasteiger partial charge >= 0.3 is 6.18 Å². The minimum atomic E-state index is -4.43. The predicted octanol–water partition coefficient (Wildman–Crippen LogP) is 4.77. The molecule has 0 radical (unpaired) electrons. The van der Waals surface area contributed by atoms with Crippen LogP contribution in [-0.4, -0.2) is 4.98 Å². The highest BCUT2D eigenvalue weighted by Gasteiger charge is 2.30. The quantitative estimate of drug-likeness (QED) is 0.538. The van der Waals surface area contributed by atoms with Crippen molar-refractivity contribution in [2.24, 2.45) is 0 Å². The van der Waals surface area contributed by atoms with Crippen LogP contribution in [0.4, 0.5) is 13.2 Å². The van der Waals surface area contributed by atoms with Crippen molar-refractivity contribution >= 4 is 34.2 Å². The Labute approximate surface area is 133 Å². The highest BCUT2D eigenvalue weighted by Crippen LogP contribution is 2.29. The molecule has 0 saturated carbocycles. The summed E-state index contributed by atoms with van der Waals surface area (Å²) in [5, 5.41) is 9.18. The SMILES string of the molecule is N#C/C(=C/c1ccccc1I)c1ccc(C(F)(F)F)cn1. The van der Waals surface area contributed by atoms with Crippen LogP contribution >= 0.6 is 22.6 Å². The Balaban J connectivity index is 2.39. The molecule has 6 heteroatoms. The van der Waals surface area contributed by atoms with Crippen molar-refractivity contribution in [3.8, 4) is 6.07 Å². The second kappa shape index (κ2) is 6.26. The highest BCUT2D eigenvalue weighted by atomic mass is 127. The Morgan fingerprint density at radius 3 is 2.43 bits per heavy atom. The van der Waals surface area contributed by atoms with E-state index in [2.05, 4.69) is 27.6 Å². The van der Waals surface area contributed by atoms with Crippen LogP contribution in [0, 0.1) is 14.9 Å². The van der Waals surface area contributed by atoms with E-state index >= 15 is 0 Å². The molecule has 2 aromatic rings. The topological polar surface area (TPSA) is 36.7 Å². The summed E-state index contributed by atoms with van der Waals surface area (Å²) in [4.78, 5) is 3.73. The van der Waals surface area contributed by atoms with Crippen LogP contribution < -0.4 is 0 Å². The first-order chi connectivity index (χ1) is 9.91. The first-order valence-electron chi connectivity index (χ1n) is 5.82. The van der Waals surface area contributed by atoms with E-state index in [1.165, 1.54) is 6.07 Å². The Kier molecular flexibility index (Phi) is 4.63. The molecule has 0 amide bonds.